The molecule has 1 saturated heterocycles. The molecule has 0 spiro atoms. The van der Waals surface area contributed by atoms with Gasteiger partial charge in [0.15, 0.2) is 0 Å². The zero-order valence-corrected chi connectivity index (χ0v) is 15.1. The maximum Gasteiger partial charge on any atom is 0.451 e. The summed E-state index contributed by atoms with van der Waals surface area (Å²) in [6.07, 6.45) is 1.30. The monoisotopic (exact) mass is 378 g/mol. The Kier molecular flexibility index (Phi) is 6.14. The highest BCUT2D eigenvalue weighted by molar-refractivity contribution is 7.86. The average molecular weight is 378 g/mol. The van der Waals surface area contributed by atoms with Crippen LogP contribution in [0.3, 0.4) is 0 Å². The number of carbonyl (C=O) groups is 1. The number of rotatable bonds is 9. The molecule has 1 saturated carbocycles. The number of likely N-dealkylation sites (N-methyl/N-ethyl adjacent to an activating group) is 1. The zero-order chi connectivity index (χ0) is 19.0. The highest BCUT2D eigenvalue weighted by Crippen LogP contribution is 2.36. The predicted octanol–water partition coefficient (Wildman–Crippen LogP) is -2.38. The molecule has 0 bridgehead atoms. The van der Waals surface area contributed by atoms with Gasteiger partial charge in [0, 0.05) is 37.6 Å². The van der Waals surface area contributed by atoms with Gasteiger partial charge in [-0.2, -0.15) is 17.0 Å². The van der Waals surface area contributed by atoms with E-state index < -0.39 is 34.8 Å². The van der Waals surface area contributed by atoms with Crippen molar-refractivity contribution in [3.8, 4) is 0 Å². The zero-order valence-electron chi connectivity index (χ0n) is 14.3. The second-order valence-electron chi connectivity index (χ2n) is 6.92. The summed E-state index contributed by atoms with van der Waals surface area (Å²) in [6, 6.07) is -0.447. The van der Waals surface area contributed by atoms with Crippen molar-refractivity contribution in [2.24, 2.45) is 17.4 Å². The average Bonchev–Trinajstić information content (AvgIpc) is 3.08. The predicted molar refractivity (Wildman–Crippen MR) is 91.5 cm³/mol. The highest BCUT2D eigenvalue weighted by atomic mass is 32.2. The van der Waals surface area contributed by atoms with Crippen molar-refractivity contribution < 1.29 is 28.4 Å². The Balaban J connectivity index is 2.15. The molecule has 0 radical (unpaired) electrons. The molecule has 2 rings (SSSR count). The maximum atomic E-state index is 12.9. The van der Waals surface area contributed by atoms with Crippen molar-refractivity contribution >= 4 is 23.3 Å². The van der Waals surface area contributed by atoms with E-state index in [2.05, 4.69) is 0 Å². The van der Waals surface area contributed by atoms with Gasteiger partial charge >= 0.3 is 13.1 Å². The van der Waals surface area contributed by atoms with E-state index in [1.165, 1.54) is 4.31 Å². The minimum absolute atomic E-state index is 0.00881. The first-order valence-corrected chi connectivity index (χ1v) is 9.84. The fourth-order valence-electron chi connectivity index (χ4n) is 3.46. The minimum atomic E-state index is -3.85. The quantitative estimate of drug-likeness (QED) is 0.277. The van der Waals surface area contributed by atoms with Crippen molar-refractivity contribution in [2.75, 3.05) is 19.6 Å². The summed E-state index contributed by atoms with van der Waals surface area (Å²) >= 11 is 0. The van der Waals surface area contributed by atoms with Crippen LogP contribution < -0.4 is 11.5 Å². The molecule has 0 aromatic rings. The number of carboxylic acid groups (broad SMARTS) is 1. The van der Waals surface area contributed by atoms with Crippen molar-refractivity contribution in [2.45, 2.75) is 50.1 Å². The van der Waals surface area contributed by atoms with Gasteiger partial charge < -0.3 is 26.6 Å². The first-order chi connectivity index (χ1) is 11.5. The number of hydrogen-bond donors (Lipinski definition) is 5. The van der Waals surface area contributed by atoms with Crippen LogP contribution in [0.25, 0.3) is 0 Å². The van der Waals surface area contributed by atoms with Crippen LogP contribution >= 0.6 is 0 Å². The lowest BCUT2D eigenvalue weighted by molar-refractivity contribution is -0.144. The lowest BCUT2D eigenvalue weighted by Gasteiger charge is -2.27. The summed E-state index contributed by atoms with van der Waals surface area (Å²) in [5.74, 6) is -1.86. The van der Waals surface area contributed by atoms with E-state index in [4.69, 9.17) is 21.5 Å². The molecule has 2 fully saturated rings. The van der Waals surface area contributed by atoms with Gasteiger partial charge in [-0.25, -0.2) is 0 Å². The van der Waals surface area contributed by atoms with Crippen molar-refractivity contribution in [1.29, 1.82) is 0 Å². The number of aliphatic carboxylic acids is 1. The third-order valence-corrected chi connectivity index (χ3v) is 7.16. The van der Waals surface area contributed by atoms with Gasteiger partial charge in [-0.15, -0.1) is 0 Å². The van der Waals surface area contributed by atoms with E-state index in [-0.39, 0.29) is 38.0 Å². The van der Waals surface area contributed by atoms with Crippen molar-refractivity contribution in [3.63, 3.8) is 0 Å². The summed E-state index contributed by atoms with van der Waals surface area (Å²) in [4.78, 5) is 11.7. The molecular formula is C13H27BN4O6S. The smallest absolute Gasteiger partial charge is 0.451 e. The molecule has 0 aromatic carbocycles. The molecule has 2 unspecified atom stereocenters. The van der Waals surface area contributed by atoms with Crippen molar-refractivity contribution in [1.82, 2.24) is 8.61 Å². The second-order valence-corrected chi connectivity index (χ2v) is 8.81. The Labute approximate surface area is 148 Å². The Bertz CT molecular complexity index is 605. The third-order valence-electron chi connectivity index (χ3n) is 5.11. The SMILES string of the molecule is CCN(C1CC1N)S(=O)(=O)N1C[C@H](CCCB(O)O)[C@](N)(C(=O)O)C1. The normalized spacial score (nSPS) is 33.0. The lowest BCUT2D eigenvalue weighted by atomic mass is 9.78. The molecular weight excluding hydrogens is 351 g/mol. The summed E-state index contributed by atoms with van der Waals surface area (Å²) < 4.78 is 28.2. The maximum absolute atomic E-state index is 12.9. The second kappa shape index (κ2) is 7.47. The summed E-state index contributed by atoms with van der Waals surface area (Å²) in [7, 11) is -5.34. The highest BCUT2D eigenvalue weighted by Gasteiger charge is 2.55. The summed E-state index contributed by atoms with van der Waals surface area (Å²) in [6.45, 7) is 1.65. The van der Waals surface area contributed by atoms with Gasteiger partial charge in [0.25, 0.3) is 10.2 Å². The molecule has 1 aliphatic carbocycles. The van der Waals surface area contributed by atoms with Crippen LogP contribution in [0.2, 0.25) is 6.32 Å². The summed E-state index contributed by atoms with van der Waals surface area (Å²) in [5.41, 5.74) is 10.1. The molecule has 4 atom stereocenters. The van der Waals surface area contributed by atoms with E-state index in [9.17, 15) is 18.3 Å². The van der Waals surface area contributed by atoms with E-state index >= 15 is 0 Å². The lowest BCUT2D eigenvalue weighted by Crippen LogP contribution is -2.55. The molecule has 25 heavy (non-hydrogen) atoms. The van der Waals surface area contributed by atoms with Crippen LogP contribution in [0.4, 0.5) is 0 Å². The van der Waals surface area contributed by atoms with Gasteiger partial charge in [-0.1, -0.05) is 13.3 Å². The van der Waals surface area contributed by atoms with E-state index in [0.717, 1.165) is 4.31 Å². The van der Waals surface area contributed by atoms with Gasteiger partial charge in [-0.3, -0.25) is 4.79 Å². The Morgan fingerprint density at radius 3 is 2.48 bits per heavy atom. The van der Waals surface area contributed by atoms with Crippen molar-refractivity contribution in [3.05, 3.63) is 0 Å². The fraction of sp³-hybridized carbons (Fsp3) is 0.923. The van der Waals surface area contributed by atoms with Crippen LogP contribution in [-0.4, -0.2) is 82.5 Å². The van der Waals surface area contributed by atoms with Gasteiger partial charge in [0.2, 0.25) is 0 Å². The first-order valence-electron chi connectivity index (χ1n) is 8.45. The number of carboxylic acids is 1. The van der Waals surface area contributed by atoms with Gasteiger partial charge in [0.1, 0.15) is 5.54 Å². The molecule has 0 amide bonds. The Hall–Kier alpha value is -0.755. The molecule has 12 heteroatoms. The molecule has 2 aliphatic rings. The molecule has 1 heterocycles. The van der Waals surface area contributed by atoms with E-state index in [0.29, 0.717) is 19.3 Å². The first kappa shape index (κ1) is 20.6. The Morgan fingerprint density at radius 1 is 1.44 bits per heavy atom. The number of nitrogens with zero attached hydrogens (tertiary/aromatic N) is 2. The largest absolute Gasteiger partial charge is 0.480 e. The van der Waals surface area contributed by atoms with E-state index in [1.54, 1.807) is 6.92 Å². The number of hydrogen-bond acceptors (Lipinski definition) is 7. The third kappa shape index (κ3) is 4.16. The number of nitrogens with two attached hydrogens (primary N) is 2. The summed E-state index contributed by atoms with van der Waals surface area (Å²) in [5, 5.41) is 27.4. The van der Waals surface area contributed by atoms with Crippen LogP contribution in [-0.2, 0) is 15.0 Å². The van der Waals surface area contributed by atoms with E-state index in [1.807, 2.05) is 0 Å². The van der Waals surface area contributed by atoms with Crippen LogP contribution in [0, 0.1) is 5.92 Å². The topological polar surface area (TPSA) is 170 Å². The molecule has 0 aromatic heterocycles. The van der Waals surface area contributed by atoms with Gasteiger partial charge in [-0.05, 0) is 19.2 Å². The van der Waals surface area contributed by atoms with Crippen LogP contribution in [0.15, 0.2) is 0 Å². The Morgan fingerprint density at radius 2 is 2.04 bits per heavy atom. The standard InChI is InChI=1S/C13H27BN4O6S/c1-2-18(11-6-10(11)15)25(23,24)17-7-9(4-3-5-14(21)22)13(16,8-17)12(19)20/h9-11,21-22H,2-8,15-16H2,1H3,(H,19,20)/t9-,10?,11?,13-/m0/s1. The molecule has 10 nitrogen and oxygen atoms in total. The molecule has 1 aliphatic heterocycles. The van der Waals surface area contributed by atoms with Crippen LogP contribution in [0.1, 0.15) is 26.2 Å². The van der Waals surface area contributed by atoms with Crippen LogP contribution in [0.5, 0.6) is 0 Å². The molecule has 144 valence electrons. The minimum Gasteiger partial charge on any atom is -0.480 e. The van der Waals surface area contributed by atoms with Gasteiger partial charge in [0.05, 0.1) is 0 Å². The fourth-order valence-corrected chi connectivity index (χ4v) is 5.41. The molecule has 7 N–H and O–H groups in total.